The van der Waals surface area contributed by atoms with Crippen LogP contribution >= 0.6 is 17.0 Å². The van der Waals surface area contributed by atoms with Crippen LogP contribution in [0, 0.1) is 0 Å². The first-order valence-corrected chi connectivity index (χ1v) is 5.77. The lowest BCUT2D eigenvalue weighted by Gasteiger charge is -2.10. The Hall–Kier alpha value is 1.17. The maximum Gasteiger partial charge on any atom is 0.316 e. The molecule has 0 aliphatic carbocycles. The molecule has 0 fully saturated rings. The summed E-state index contributed by atoms with van der Waals surface area (Å²) in [7, 11) is 0. The van der Waals surface area contributed by atoms with E-state index in [4.69, 9.17) is 0 Å². The number of hydrogen-bond acceptors (Lipinski definition) is 2. The molecule has 0 saturated heterocycles. The van der Waals surface area contributed by atoms with Gasteiger partial charge in [-0.3, -0.25) is 0 Å². The molecule has 0 atom stereocenters. The fourth-order valence-electron chi connectivity index (χ4n) is 1.33. The highest BCUT2D eigenvalue weighted by atomic mass is 79.9. The molecule has 0 saturated carbocycles. The van der Waals surface area contributed by atoms with Crippen molar-refractivity contribution < 1.29 is 0 Å². The molecule has 0 aromatic carbocycles. The molecule has 2 N–H and O–H groups in total. The Bertz CT molecular complexity index is 91.6. The standard InChI is InChI=1S/2C6H15N.BrH.Mg.2H/c2*1-5(2)7-6(3)4;;;;/h2*5-7H,1-4H3;1H;;;. The smallest absolute Gasteiger partial charge is 0.312 e. The van der Waals surface area contributed by atoms with Crippen molar-refractivity contribution in [2.45, 2.75) is 79.6 Å². The highest BCUT2D eigenvalue weighted by Gasteiger charge is 1.93. The van der Waals surface area contributed by atoms with E-state index in [0.717, 1.165) is 0 Å². The highest BCUT2D eigenvalue weighted by Crippen LogP contribution is 1.81. The van der Waals surface area contributed by atoms with Crippen molar-refractivity contribution in [2.24, 2.45) is 0 Å². The SMILES string of the molecule is Br.CC(C)NC(C)C.CC(C)NC(C)C.[MgH2]. The molecule has 100 valence electrons. The van der Waals surface area contributed by atoms with Crippen molar-refractivity contribution in [2.75, 3.05) is 0 Å². The predicted octanol–water partition coefficient (Wildman–Crippen LogP) is 2.45. The Morgan fingerprint density at radius 3 is 0.625 bits per heavy atom. The summed E-state index contributed by atoms with van der Waals surface area (Å²) in [4.78, 5) is 0. The van der Waals surface area contributed by atoms with Gasteiger partial charge in [-0.25, -0.2) is 0 Å². The molecule has 0 radical (unpaired) electrons. The molecular formula is C12H33BrMgN2. The summed E-state index contributed by atoms with van der Waals surface area (Å²) < 4.78 is 0. The molecule has 4 heteroatoms. The third kappa shape index (κ3) is 36.2. The van der Waals surface area contributed by atoms with Crippen molar-refractivity contribution in [1.82, 2.24) is 10.6 Å². The van der Waals surface area contributed by atoms with E-state index in [-0.39, 0.29) is 40.0 Å². The molecular weight excluding hydrogens is 276 g/mol. The zero-order chi connectivity index (χ0) is 11.7. The van der Waals surface area contributed by atoms with Crippen molar-refractivity contribution in [3.8, 4) is 0 Å². The first-order chi connectivity index (χ1) is 6.25. The first kappa shape index (κ1) is 25.9. The molecule has 0 heterocycles. The molecule has 0 aliphatic rings. The second-order valence-corrected chi connectivity index (χ2v) is 4.95. The van der Waals surface area contributed by atoms with Crippen LogP contribution in [-0.4, -0.2) is 47.2 Å². The monoisotopic (exact) mass is 308 g/mol. The Morgan fingerprint density at radius 1 is 0.500 bits per heavy atom. The second kappa shape index (κ2) is 16.2. The molecule has 0 rings (SSSR count). The number of rotatable bonds is 4. The number of hydrogen-bond donors (Lipinski definition) is 2. The van der Waals surface area contributed by atoms with Crippen LogP contribution in [0.4, 0.5) is 0 Å². The largest absolute Gasteiger partial charge is 0.316 e. The van der Waals surface area contributed by atoms with Gasteiger partial charge in [-0.05, 0) is 0 Å². The average Bonchev–Trinajstić information content (AvgIpc) is 1.79. The summed E-state index contributed by atoms with van der Waals surface area (Å²) >= 11 is 0. The van der Waals surface area contributed by atoms with Gasteiger partial charge < -0.3 is 10.6 Å². The van der Waals surface area contributed by atoms with Crippen molar-refractivity contribution in [3.63, 3.8) is 0 Å². The van der Waals surface area contributed by atoms with E-state index in [0.29, 0.717) is 24.2 Å². The Labute approximate surface area is 130 Å². The van der Waals surface area contributed by atoms with E-state index in [2.05, 4.69) is 66.0 Å². The van der Waals surface area contributed by atoms with Crippen LogP contribution < -0.4 is 10.6 Å². The van der Waals surface area contributed by atoms with Gasteiger partial charge in [0.05, 0.1) is 0 Å². The summed E-state index contributed by atoms with van der Waals surface area (Å²) in [5.74, 6) is 0. The highest BCUT2D eigenvalue weighted by molar-refractivity contribution is 8.93. The van der Waals surface area contributed by atoms with E-state index in [1.807, 2.05) is 0 Å². The van der Waals surface area contributed by atoms with Crippen LogP contribution in [0.2, 0.25) is 0 Å². The van der Waals surface area contributed by atoms with Gasteiger partial charge >= 0.3 is 23.1 Å². The van der Waals surface area contributed by atoms with E-state index in [1.165, 1.54) is 0 Å². The van der Waals surface area contributed by atoms with Crippen LogP contribution in [0.5, 0.6) is 0 Å². The van der Waals surface area contributed by atoms with Crippen LogP contribution in [0.3, 0.4) is 0 Å². The van der Waals surface area contributed by atoms with E-state index < -0.39 is 0 Å². The summed E-state index contributed by atoms with van der Waals surface area (Å²) in [6.07, 6.45) is 0. The fourth-order valence-corrected chi connectivity index (χ4v) is 1.33. The van der Waals surface area contributed by atoms with Gasteiger partial charge in [0.1, 0.15) is 0 Å². The van der Waals surface area contributed by atoms with Gasteiger partial charge in [-0.2, -0.15) is 0 Å². The maximum absolute atomic E-state index is 3.31. The third-order valence-corrected chi connectivity index (χ3v) is 1.33. The van der Waals surface area contributed by atoms with Crippen molar-refractivity contribution in [3.05, 3.63) is 0 Å². The maximum atomic E-state index is 3.31. The number of halogens is 1. The third-order valence-electron chi connectivity index (χ3n) is 1.33. The summed E-state index contributed by atoms with van der Waals surface area (Å²) in [5, 5.41) is 6.61. The van der Waals surface area contributed by atoms with Crippen molar-refractivity contribution >= 4 is 40.0 Å². The van der Waals surface area contributed by atoms with Gasteiger partial charge in [0.15, 0.2) is 0 Å². The molecule has 0 aromatic heterocycles. The lowest BCUT2D eigenvalue weighted by Crippen LogP contribution is -2.29. The lowest BCUT2D eigenvalue weighted by molar-refractivity contribution is 0.518. The van der Waals surface area contributed by atoms with Crippen LogP contribution in [-0.2, 0) is 0 Å². The van der Waals surface area contributed by atoms with Crippen LogP contribution in [0.15, 0.2) is 0 Å². The predicted molar refractivity (Wildman–Crippen MR) is 85.7 cm³/mol. The number of nitrogens with one attached hydrogen (secondary N) is 2. The zero-order valence-electron chi connectivity index (χ0n) is 11.7. The molecule has 0 aliphatic heterocycles. The second-order valence-electron chi connectivity index (χ2n) is 4.95. The van der Waals surface area contributed by atoms with E-state index >= 15 is 0 Å². The van der Waals surface area contributed by atoms with Crippen LogP contribution in [0.25, 0.3) is 0 Å². The molecule has 0 bridgehead atoms. The fraction of sp³-hybridized carbons (Fsp3) is 1.00. The van der Waals surface area contributed by atoms with Gasteiger partial charge in [0.25, 0.3) is 0 Å². The van der Waals surface area contributed by atoms with E-state index in [1.54, 1.807) is 0 Å². The van der Waals surface area contributed by atoms with Gasteiger partial charge in [0.2, 0.25) is 0 Å². The Kier molecular flexibility index (Phi) is 26.1. The summed E-state index contributed by atoms with van der Waals surface area (Å²) in [5.41, 5.74) is 0. The van der Waals surface area contributed by atoms with Gasteiger partial charge in [0, 0.05) is 24.2 Å². The molecule has 16 heavy (non-hydrogen) atoms. The average molecular weight is 310 g/mol. The van der Waals surface area contributed by atoms with Crippen molar-refractivity contribution in [1.29, 1.82) is 0 Å². The molecule has 0 aromatic rings. The first-order valence-electron chi connectivity index (χ1n) is 5.77. The molecule has 0 amide bonds. The van der Waals surface area contributed by atoms with Gasteiger partial charge in [-0.15, -0.1) is 17.0 Å². The summed E-state index contributed by atoms with van der Waals surface area (Å²) in [6, 6.07) is 2.50. The topological polar surface area (TPSA) is 24.1 Å². The van der Waals surface area contributed by atoms with Gasteiger partial charge in [-0.1, -0.05) is 55.4 Å². The Balaban J connectivity index is -0.0000000800. The molecule has 0 unspecified atom stereocenters. The minimum absolute atomic E-state index is 0. The normalized spacial score (nSPS) is 9.75. The Morgan fingerprint density at radius 2 is 0.625 bits per heavy atom. The summed E-state index contributed by atoms with van der Waals surface area (Å²) in [6.45, 7) is 17.2. The quantitative estimate of drug-likeness (QED) is 0.780. The molecule has 0 spiro atoms. The minimum atomic E-state index is 0. The molecule has 2 nitrogen and oxygen atoms in total. The lowest BCUT2D eigenvalue weighted by atomic mass is 10.3. The van der Waals surface area contributed by atoms with Crippen LogP contribution in [0.1, 0.15) is 55.4 Å². The van der Waals surface area contributed by atoms with E-state index in [9.17, 15) is 0 Å². The minimum Gasteiger partial charge on any atom is -0.312 e. The zero-order valence-corrected chi connectivity index (χ0v) is 13.4.